The van der Waals surface area contributed by atoms with Crippen molar-refractivity contribution in [1.82, 2.24) is 0 Å². The zero-order valence-electron chi connectivity index (χ0n) is 8.07. The summed E-state index contributed by atoms with van der Waals surface area (Å²) in [5.41, 5.74) is 1.26. The summed E-state index contributed by atoms with van der Waals surface area (Å²) in [6.45, 7) is 1.58. The van der Waals surface area contributed by atoms with E-state index in [4.69, 9.17) is 0 Å². The van der Waals surface area contributed by atoms with Gasteiger partial charge in [0, 0.05) is 12.7 Å². The standard InChI is InChI=1S/C10H13NO3/c1-6(12)7-3-8(10(13)14)5-9(4-7)11-2/h3-6,11-12H,1-2H3,(H,13,14)/p-1. The van der Waals surface area contributed by atoms with Gasteiger partial charge < -0.3 is 20.3 Å². The van der Waals surface area contributed by atoms with Crippen molar-refractivity contribution < 1.29 is 15.0 Å². The molecule has 1 unspecified atom stereocenters. The summed E-state index contributed by atoms with van der Waals surface area (Å²) in [4.78, 5) is 10.6. The van der Waals surface area contributed by atoms with Gasteiger partial charge in [0.2, 0.25) is 0 Å². The van der Waals surface area contributed by atoms with E-state index in [1.54, 1.807) is 20.0 Å². The average molecular weight is 194 g/mol. The number of aliphatic hydroxyl groups is 1. The summed E-state index contributed by atoms with van der Waals surface area (Å²) in [5, 5.41) is 22.7. The van der Waals surface area contributed by atoms with Crippen molar-refractivity contribution >= 4 is 11.7 Å². The number of hydrogen-bond acceptors (Lipinski definition) is 4. The van der Waals surface area contributed by atoms with E-state index in [0.717, 1.165) is 0 Å². The Morgan fingerprint density at radius 2 is 2.14 bits per heavy atom. The number of hydrogen-bond donors (Lipinski definition) is 2. The molecule has 0 aromatic heterocycles. The van der Waals surface area contributed by atoms with Crippen LogP contribution in [-0.2, 0) is 0 Å². The topological polar surface area (TPSA) is 72.4 Å². The number of aliphatic hydroxyl groups excluding tert-OH is 1. The van der Waals surface area contributed by atoms with E-state index in [9.17, 15) is 15.0 Å². The molecule has 76 valence electrons. The van der Waals surface area contributed by atoms with Gasteiger partial charge in [-0.05, 0) is 36.2 Å². The Labute approximate surface area is 82.2 Å². The molecule has 0 saturated heterocycles. The lowest BCUT2D eigenvalue weighted by molar-refractivity contribution is -0.255. The van der Waals surface area contributed by atoms with Crippen molar-refractivity contribution in [2.75, 3.05) is 12.4 Å². The number of carbonyl (C=O) groups is 1. The second-order valence-corrected chi connectivity index (χ2v) is 3.06. The van der Waals surface area contributed by atoms with E-state index < -0.39 is 12.1 Å². The van der Waals surface area contributed by atoms with Crippen molar-refractivity contribution in [1.29, 1.82) is 0 Å². The molecule has 0 aliphatic rings. The van der Waals surface area contributed by atoms with Crippen molar-refractivity contribution in [3.05, 3.63) is 29.3 Å². The second-order valence-electron chi connectivity index (χ2n) is 3.06. The van der Waals surface area contributed by atoms with Gasteiger partial charge in [-0.3, -0.25) is 0 Å². The van der Waals surface area contributed by atoms with Crippen LogP contribution >= 0.6 is 0 Å². The molecule has 1 rings (SSSR count). The molecule has 1 aromatic rings. The maximum Gasteiger partial charge on any atom is 0.0762 e. The first kappa shape index (κ1) is 10.5. The summed E-state index contributed by atoms with van der Waals surface area (Å²) in [7, 11) is 1.68. The highest BCUT2D eigenvalue weighted by atomic mass is 16.4. The van der Waals surface area contributed by atoms with E-state index in [2.05, 4.69) is 5.32 Å². The number of carboxylic acids is 1. The molecule has 0 aliphatic heterocycles. The predicted molar refractivity (Wildman–Crippen MR) is 51.0 cm³/mol. The number of carboxylic acid groups (broad SMARTS) is 1. The van der Waals surface area contributed by atoms with Gasteiger partial charge in [0.05, 0.1) is 12.1 Å². The smallest absolute Gasteiger partial charge is 0.0762 e. The highest BCUT2D eigenvalue weighted by Crippen LogP contribution is 2.19. The summed E-state index contributed by atoms with van der Waals surface area (Å²) in [6, 6.07) is 4.55. The second kappa shape index (κ2) is 4.11. The van der Waals surface area contributed by atoms with Gasteiger partial charge in [-0.25, -0.2) is 0 Å². The van der Waals surface area contributed by atoms with Crippen LogP contribution in [0, 0.1) is 0 Å². The fraction of sp³-hybridized carbons (Fsp3) is 0.300. The van der Waals surface area contributed by atoms with Gasteiger partial charge in [0.25, 0.3) is 0 Å². The van der Waals surface area contributed by atoms with Crippen LogP contribution in [0.3, 0.4) is 0 Å². The van der Waals surface area contributed by atoms with Crippen LogP contribution < -0.4 is 10.4 Å². The SMILES string of the molecule is CNc1cc(C(=O)[O-])cc(C(C)O)c1. The van der Waals surface area contributed by atoms with Gasteiger partial charge in [0.1, 0.15) is 0 Å². The highest BCUT2D eigenvalue weighted by Gasteiger charge is 2.05. The number of nitrogens with one attached hydrogen (secondary N) is 1. The minimum atomic E-state index is -1.25. The van der Waals surface area contributed by atoms with Crippen LogP contribution in [0.1, 0.15) is 28.9 Å². The minimum Gasteiger partial charge on any atom is -0.545 e. The maximum atomic E-state index is 10.6. The van der Waals surface area contributed by atoms with Gasteiger partial charge in [0.15, 0.2) is 0 Å². The van der Waals surface area contributed by atoms with Crippen LogP contribution in [0.15, 0.2) is 18.2 Å². The van der Waals surface area contributed by atoms with Gasteiger partial charge in [-0.2, -0.15) is 0 Å². The van der Waals surface area contributed by atoms with E-state index in [1.807, 2.05) is 0 Å². The predicted octanol–water partition coefficient (Wildman–Crippen LogP) is 0.145. The van der Waals surface area contributed by atoms with Crippen LogP contribution in [-0.4, -0.2) is 18.1 Å². The Bertz CT molecular complexity index is 347. The fourth-order valence-electron chi connectivity index (χ4n) is 1.16. The molecule has 1 atom stereocenters. The van der Waals surface area contributed by atoms with Gasteiger partial charge >= 0.3 is 0 Å². The molecule has 0 saturated carbocycles. The molecule has 0 fully saturated rings. The molecule has 14 heavy (non-hydrogen) atoms. The number of rotatable bonds is 3. The lowest BCUT2D eigenvalue weighted by atomic mass is 10.1. The summed E-state index contributed by atoms with van der Waals surface area (Å²) >= 11 is 0. The molecule has 0 aliphatic carbocycles. The molecule has 0 spiro atoms. The fourth-order valence-corrected chi connectivity index (χ4v) is 1.16. The molecular weight excluding hydrogens is 182 g/mol. The van der Waals surface area contributed by atoms with Crippen molar-refractivity contribution in [3.8, 4) is 0 Å². The Balaban J connectivity index is 3.20. The molecule has 0 bridgehead atoms. The molecule has 1 aromatic carbocycles. The molecule has 2 N–H and O–H groups in total. The largest absolute Gasteiger partial charge is 0.545 e. The van der Waals surface area contributed by atoms with E-state index >= 15 is 0 Å². The lowest BCUT2D eigenvalue weighted by Crippen LogP contribution is -2.22. The summed E-state index contributed by atoms with van der Waals surface area (Å²) in [6.07, 6.45) is -0.693. The Morgan fingerprint density at radius 3 is 2.57 bits per heavy atom. The molecule has 0 amide bonds. The third-order valence-corrected chi connectivity index (χ3v) is 1.96. The monoisotopic (exact) mass is 194 g/mol. The van der Waals surface area contributed by atoms with E-state index in [1.165, 1.54) is 12.1 Å². The summed E-state index contributed by atoms with van der Waals surface area (Å²) < 4.78 is 0. The Kier molecular flexibility index (Phi) is 3.09. The first-order valence-electron chi connectivity index (χ1n) is 4.26. The van der Waals surface area contributed by atoms with E-state index in [0.29, 0.717) is 11.3 Å². The average Bonchev–Trinajstić information content (AvgIpc) is 2.16. The van der Waals surface area contributed by atoms with Crippen LogP contribution in [0.4, 0.5) is 5.69 Å². The molecule has 0 heterocycles. The van der Waals surface area contributed by atoms with Crippen molar-refractivity contribution in [3.63, 3.8) is 0 Å². The molecule has 4 heteroatoms. The van der Waals surface area contributed by atoms with E-state index in [-0.39, 0.29) is 5.56 Å². The molecule has 0 radical (unpaired) electrons. The first-order chi connectivity index (χ1) is 6.54. The highest BCUT2D eigenvalue weighted by molar-refractivity contribution is 5.87. The minimum absolute atomic E-state index is 0.0627. The molecule has 4 nitrogen and oxygen atoms in total. The third kappa shape index (κ3) is 2.23. The number of benzene rings is 1. The van der Waals surface area contributed by atoms with Gasteiger partial charge in [-0.1, -0.05) is 0 Å². The number of anilines is 1. The van der Waals surface area contributed by atoms with Crippen LogP contribution in [0.5, 0.6) is 0 Å². The van der Waals surface area contributed by atoms with Crippen LogP contribution in [0.2, 0.25) is 0 Å². The lowest BCUT2D eigenvalue weighted by Gasteiger charge is -2.11. The number of carbonyl (C=O) groups excluding carboxylic acids is 1. The Hall–Kier alpha value is -1.55. The zero-order chi connectivity index (χ0) is 10.7. The first-order valence-corrected chi connectivity index (χ1v) is 4.26. The summed E-state index contributed by atoms with van der Waals surface area (Å²) in [5.74, 6) is -1.25. The zero-order valence-corrected chi connectivity index (χ0v) is 8.07. The van der Waals surface area contributed by atoms with Crippen molar-refractivity contribution in [2.24, 2.45) is 0 Å². The quantitative estimate of drug-likeness (QED) is 0.718. The Morgan fingerprint density at radius 1 is 1.50 bits per heavy atom. The third-order valence-electron chi connectivity index (χ3n) is 1.96. The number of aromatic carboxylic acids is 1. The van der Waals surface area contributed by atoms with Crippen molar-refractivity contribution in [2.45, 2.75) is 13.0 Å². The molecular formula is C10H12NO3-. The normalized spacial score (nSPS) is 12.2. The van der Waals surface area contributed by atoms with Crippen LogP contribution in [0.25, 0.3) is 0 Å². The van der Waals surface area contributed by atoms with Gasteiger partial charge in [-0.15, -0.1) is 0 Å². The maximum absolute atomic E-state index is 10.6.